The molecule has 6 rings (SSSR count). The summed E-state index contributed by atoms with van der Waals surface area (Å²) in [4.78, 5) is 14.1. The Morgan fingerprint density at radius 2 is 1.90 bits per heavy atom. The first-order valence-corrected chi connectivity index (χ1v) is 13.1. The fourth-order valence-electron chi connectivity index (χ4n) is 9.50. The summed E-state index contributed by atoms with van der Waals surface area (Å²) in [6, 6.07) is 0.420. The second-order valence-electron chi connectivity index (χ2n) is 12.5. The van der Waals surface area contributed by atoms with Crippen molar-refractivity contribution in [1.29, 1.82) is 0 Å². The van der Waals surface area contributed by atoms with Gasteiger partial charge in [-0.05, 0) is 99.5 Å². The monoisotopic (exact) mass is 427 g/mol. The Labute approximate surface area is 187 Å². The maximum Gasteiger partial charge on any atom is 0.163 e. The molecule has 2 aliphatic heterocycles. The molecule has 6 aliphatic rings. The van der Waals surface area contributed by atoms with Crippen molar-refractivity contribution >= 4 is 5.78 Å². The van der Waals surface area contributed by atoms with Crippen molar-refractivity contribution in [2.24, 2.45) is 40.9 Å². The maximum atomic E-state index is 14.1. The Balaban J connectivity index is 1.38. The van der Waals surface area contributed by atoms with E-state index in [9.17, 15) is 9.90 Å². The van der Waals surface area contributed by atoms with Gasteiger partial charge in [-0.15, -0.1) is 0 Å². The second-order valence-corrected chi connectivity index (χ2v) is 12.5. The zero-order chi connectivity index (χ0) is 21.7. The lowest BCUT2D eigenvalue weighted by Crippen LogP contribution is -2.49. The van der Waals surface area contributed by atoms with Gasteiger partial charge in [0.15, 0.2) is 5.78 Å². The normalized spacial score (nSPS) is 56.3. The van der Waals surface area contributed by atoms with E-state index in [1.807, 2.05) is 0 Å². The number of Topliss-reactive ketones (excluding diaryl/α,β-unsaturated/α-hetero) is 1. The van der Waals surface area contributed by atoms with Crippen LogP contribution in [0.3, 0.4) is 0 Å². The Hall–Kier alpha value is -0.710. The minimum absolute atomic E-state index is 0.0735. The number of aliphatic hydroxyl groups is 1. The van der Waals surface area contributed by atoms with Crippen molar-refractivity contribution in [2.75, 3.05) is 6.54 Å². The number of aliphatic hydroxyl groups excluding tert-OH is 1. The first kappa shape index (κ1) is 20.9. The van der Waals surface area contributed by atoms with Gasteiger partial charge in [-0.25, -0.2) is 0 Å². The van der Waals surface area contributed by atoms with Crippen LogP contribution in [0.15, 0.2) is 11.1 Å². The van der Waals surface area contributed by atoms with E-state index < -0.39 is 0 Å². The van der Waals surface area contributed by atoms with Gasteiger partial charge < -0.3 is 15.2 Å². The predicted molar refractivity (Wildman–Crippen MR) is 120 cm³/mol. The molecular weight excluding hydrogens is 386 g/mol. The predicted octanol–water partition coefficient (Wildman–Crippen LogP) is 4.26. The minimum Gasteiger partial charge on any atom is -0.393 e. The van der Waals surface area contributed by atoms with Crippen molar-refractivity contribution in [3.63, 3.8) is 0 Å². The number of rotatable bonds is 0. The van der Waals surface area contributed by atoms with E-state index in [0.29, 0.717) is 41.4 Å². The van der Waals surface area contributed by atoms with Crippen molar-refractivity contribution in [2.45, 2.75) is 103 Å². The lowest BCUT2D eigenvalue weighted by molar-refractivity contribution is -0.132. The summed E-state index contributed by atoms with van der Waals surface area (Å²) >= 11 is 0. The van der Waals surface area contributed by atoms with Crippen molar-refractivity contribution in [3.8, 4) is 0 Å². The fraction of sp³-hybridized carbons (Fsp3) is 0.889. The van der Waals surface area contributed by atoms with Gasteiger partial charge in [-0.2, -0.15) is 0 Å². The molecule has 0 aromatic rings. The molecule has 0 bridgehead atoms. The third-order valence-corrected chi connectivity index (χ3v) is 11.2. The summed E-state index contributed by atoms with van der Waals surface area (Å²) in [5.41, 5.74) is 2.29. The summed E-state index contributed by atoms with van der Waals surface area (Å²) in [6.45, 7) is 10.4. The highest BCUT2D eigenvalue weighted by molar-refractivity contribution is 6.02. The number of fused-ring (bicyclic) bond motifs is 6. The van der Waals surface area contributed by atoms with Crippen LogP contribution in [0.2, 0.25) is 0 Å². The number of carbonyl (C=O) groups excluding carboxylic acids is 1. The highest BCUT2D eigenvalue weighted by Gasteiger charge is 2.64. The van der Waals surface area contributed by atoms with Crippen LogP contribution in [0.1, 0.15) is 79.1 Å². The van der Waals surface area contributed by atoms with Crippen LogP contribution in [-0.4, -0.2) is 41.3 Å². The molecule has 11 unspecified atom stereocenters. The van der Waals surface area contributed by atoms with Crippen LogP contribution < -0.4 is 5.32 Å². The summed E-state index contributed by atoms with van der Waals surface area (Å²) in [7, 11) is 0. The Kier molecular flexibility index (Phi) is 4.64. The third-order valence-electron chi connectivity index (χ3n) is 11.2. The first-order valence-electron chi connectivity index (χ1n) is 13.1. The van der Waals surface area contributed by atoms with Gasteiger partial charge in [0.2, 0.25) is 0 Å². The molecule has 0 aromatic carbocycles. The average Bonchev–Trinajstić information content (AvgIpc) is 3.18. The number of allylic oxidation sites excluding steroid dienone is 1. The largest absolute Gasteiger partial charge is 0.393 e. The fourth-order valence-corrected chi connectivity index (χ4v) is 9.50. The number of ether oxygens (including phenoxy) is 1. The van der Waals surface area contributed by atoms with Gasteiger partial charge in [0.05, 0.1) is 17.8 Å². The number of carbonyl (C=O) groups is 1. The van der Waals surface area contributed by atoms with Gasteiger partial charge in [0.25, 0.3) is 0 Å². The Morgan fingerprint density at radius 1 is 1.10 bits per heavy atom. The maximum absolute atomic E-state index is 14.1. The lowest BCUT2D eigenvalue weighted by Gasteiger charge is -2.52. The van der Waals surface area contributed by atoms with Crippen molar-refractivity contribution < 1.29 is 14.6 Å². The Morgan fingerprint density at radius 3 is 2.71 bits per heavy atom. The van der Waals surface area contributed by atoms with Crippen LogP contribution >= 0.6 is 0 Å². The Bertz CT molecular complexity index is 821. The SMILES string of the molecule is CC1=C2C(=O)C3C(CCC4CC(O)CCC43C)C2CCC12OC1CC(C)CNC1C2C. The van der Waals surface area contributed by atoms with Gasteiger partial charge >= 0.3 is 0 Å². The van der Waals surface area contributed by atoms with Crippen LogP contribution in [0.5, 0.6) is 0 Å². The molecule has 2 N–H and O–H groups in total. The first-order chi connectivity index (χ1) is 14.8. The van der Waals surface area contributed by atoms with E-state index in [1.165, 1.54) is 24.0 Å². The molecule has 0 amide bonds. The summed E-state index contributed by atoms with van der Waals surface area (Å²) in [5, 5.41) is 14.1. The summed E-state index contributed by atoms with van der Waals surface area (Å²) in [5.74, 6) is 3.17. The van der Waals surface area contributed by atoms with E-state index in [0.717, 1.165) is 45.1 Å². The second kappa shape index (κ2) is 6.90. The average molecular weight is 428 g/mol. The topological polar surface area (TPSA) is 58.6 Å². The zero-order valence-corrected chi connectivity index (χ0v) is 19.8. The highest BCUT2D eigenvalue weighted by atomic mass is 16.5. The number of hydrogen-bond donors (Lipinski definition) is 2. The molecule has 4 nitrogen and oxygen atoms in total. The zero-order valence-electron chi connectivity index (χ0n) is 19.8. The van der Waals surface area contributed by atoms with Gasteiger partial charge in [0, 0.05) is 23.5 Å². The molecule has 2 saturated heterocycles. The molecule has 4 heteroatoms. The third kappa shape index (κ3) is 2.68. The number of ketones is 1. The molecule has 4 aliphatic carbocycles. The van der Waals surface area contributed by atoms with Crippen LogP contribution in [0, 0.1) is 40.9 Å². The van der Waals surface area contributed by atoms with Gasteiger partial charge in [0.1, 0.15) is 0 Å². The van der Waals surface area contributed by atoms with E-state index in [1.54, 1.807) is 0 Å². The molecule has 11 atom stereocenters. The summed E-state index contributed by atoms with van der Waals surface area (Å²) in [6.07, 6.45) is 8.57. The van der Waals surface area contributed by atoms with E-state index >= 15 is 0 Å². The summed E-state index contributed by atoms with van der Waals surface area (Å²) < 4.78 is 6.94. The standard InChI is InChI=1S/C27H41NO3/c1-14-11-21-24(28-13-14)16(3)27(31-21)10-8-19-20-6-5-17-12-18(29)7-9-26(17,4)23(20)25(30)22(19)15(27)2/h14,16-21,23-24,28-29H,5-13H2,1-4H3. The van der Waals surface area contributed by atoms with Crippen LogP contribution in [-0.2, 0) is 9.53 Å². The van der Waals surface area contributed by atoms with E-state index in [-0.39, 0.29) is 29.1 Å². The van der Waals surface area contributed by atoms with Crippen LogP contribution in [0.25, 0.3) is 0 Å². The molecule has 2 heterocycles. The molecular formula is C27H41NO3. The van der Waals surface area contributed by atoms with Gasteiger partial charge in [-0.1, -0.05) is 20.8 Å². The smallest absolute Gasteiger partial charge is 0.163 e. The molecule has 31 heavy (non-hydrogen) atoms. The quantitative estimate of drug-likeness (QED) is 0.606. The molecule has 0 radical (unpaired) electrons. The molecule has 5 fully saturated rings. The van der Waals surface area contributed by atoms with E-state index in [4.69, 9.17) is 4.74 Å². The van der Waals surface area contributed by atoms with Crippen molar-refractivity contribution in [1.82, 2.24) is 5.32 Å². The minimum atomic E-state index is -0.246. The molecule has 3 saturated carbocycles. The highest BCUT2D eigenvalue weighted by Crippen LogP contribution is 2.65. The number of hydrogen-bond acceptors (Lipinski definition) is 4. The van der Waals surface area contributed by atoms with Gasteiger partial charge in [-0.3, -0.25) is 4.79 Å². The molecule has 172 valence electrons. The lowest BCUT2D eigenvalue weighted by atomic mass is 9.52. The molecule has 0 aromatic heterocycles. The number of nitrogens with one attached hydrogen (secondary N) is 1. The van der Waals surface area contributed by atoms with Crippen LogP contribution in [0.4, 0.5) is 0 Å². The van der Waals surface area contributed by atoms with Crippen molar-refractivity contribution in [3.05, 3.63) is 11.1 Å². The molecule has 1 spiro atoms. The van der Waals surface area contributed by atoms with E-state index in [2.05, 4.69) is 33.0 Å². The number of piperidine rings is 1.